The van der Waals surface area contributed by atoms with Gasteiger partial charge in [-0.1, -0.05) is 19.1 Å². The number of nitrogens with two attached hydrogens (primary N) is 1. The molecule has 1 rings (SSSR count). The van der Waals surface area contributed by atoms with Crippen molar-refractivity contribution in [2.75, 3.05) is 0 Å². The molecule has 1 aromatic rings. The molecule has 0 saturated carbocycles. The summed E-state index contributed by atoms with van der Waals surface area (Å²) in [6.07, 6.45) is 1.79. The van der Waals surface area contributed by atoms with Gasteiger partial charge in [0.15, 0.2) is 0 Å². The van der Waals surface area contributed by atoms with Crippen molar-refractivity contribution in [1.82, 2.24) is 0 Å². The fourth-order valence-electron chi connectivity index (χ4n) is 1.07. The highest BCUT2D eigenvalue weighted by atomic mass is 19.1. The van der Waals surface area contributed by atoms with E-state index in [2.05, 4.69) is 0 Å². The van der Waals surface area contributed by atoms with Crippen molar-refractivity contribution < 1.29 is 4.39 Å². The molecule has 1 nitrogen and oxygen atoms in total. The molecule has 0 radical (unpaired) electrons. The fourth-order valence-corrected chi connectivity index (χ4v) is 1.07. The van der Waals surface area contributed by atoms with Gasteiger partial charge in [0.05, 0.1) is 0 Å². The molecule has 0 saturated heterocycles. The van der Waals surface area contributed by atoms with Crippen LogP contribution in [0.3, 0.4) is 0 Å². The first-order chi connectivity index (χ1) is 5.72. The minimum Gasteiger partial charge on any atom is -0.327 e. The number of rotatable bonds is 3. The van der Waals surface area contributed by atoms with Crippen LogP contribution in [0.4, 0.5) is 4.39 Å². The van der Waals surface area contributed by atoms with Gasteiger partial charge in [-0.3, -0.25) is 0 Å². The minimum absolute atomic E-state index is 0.190. The third kappa shape index (κ3) is 2.62. The zero-order chi connectivity index (χ0) is 8.97. The molecule has 0 aliphatic carbocycles. The molecular formula is C10H14FN. The van der Waals surface area contributed by atoms with Crippen LogP contribution in [-0.4, -0.2) is 6.04 Å². The summed E-state index contributed by atoms with van der Waals surface area (Å²) in [4.78, 5) is 0. The minimum atomic E-state index is -0.191. The van der Waals surface area contributed by atoms with E-state index in [1.807, 2.05) is 6.92 Å². The second-order valence-corrected chi connectivity index (χ2v) is 3.00. The molecule has 2 N–H and O–H groups in total. The average Bonchev–Trinajstić information content (AvgIpc) is 2.09. The van der Waals surface area contributed by atoms with Gasteiger partial charge >= 0.3 is 0 Å². The van der Waals surface area contributed by atoms with Crippen LogP contribution in [0.5, 0.6) is 0 Å². The maximum Gasteiger partial charge on any atom is 0.123 e. The Bertz CT molecular complexity index is 230. The summed E-state index contributed by atoms with van der Waals surface area (Å²) in [5.41, 5.74) is 6.85. The average molecular weight is 167 g/mol. The first-order valence-electron chi connectivity index (χ1n) is 4.22. The van der Waals surface area contributed by atoms with Gasteiger partial charge in [-0.15, -0.1) is 0 Å². The lowest BCUT2D eigenvalue weighted by Crippen LogP contribution is -2.21. The van der Waals surface area contributed by atoms with Gasteiger partial charge in [-0.25, -0.2) is 4.39 Å². The quantitative estimate of drug-likeness (QED) is 0.733. The van der Waals surface area contributed by atoms with Crippen molar-refractivity contribution in [1.29, 1.82) is 0 Å². The van der Waals surface area contributed by atoms with Crippen LogP contribution < -0.4 is 5.73 Å². The summed E-state index contributed by atoms with van der Waals surface area (Å²) in [7, 11) is 0. The van der Waals surface area contributed by atoms with Crippen LogP contribution in [0.2, 0.25) is 0 Å². The molecule has 2 heteroatoms. The molecule has 1 atom stereocenters. The van der Waals surface area contributed by atoms with E-state index >= 15 is 0 Å². The first-order valence-corrected chi connectivity index (χ1v) is 4.22. The lowest BCUT2D eigenvalue weighted by molar-refractivity contribution is 0.621. The van der Waals surface area contributed by atoms with E-state index in [1.165, 1.54) is 12.1 Å². The molecule has 0 heterocycles. The molecule has 0 amide bonds. The molecule has 0 spiro atoms. The smallest absolute Gasteiger partial charge is 0.123 e. The van der Waals surface area contributed by atoms with Crippen LogP contribution in [0.1, 0.15) is 18.9 Å². The second-order valence-electron chi connectivity index (χ2n) is 3.00. The highest BCUT2D eigenvalue weighted by Gasteiger charge is 2.00. The first kappa shape index (κ1) is 9.20. The third-order valence-corrected chi connectivity index (χ3v) is 1.94. The molecule has 0 fully saturated rings. The van der Waals surface area contributed by atoms with Crippen molar-refractivity contribution in [3.05, 3.63) is 35.6 Å². The van der Waals surface area contributed by atoms with Crippen LogP contribution in [0.25, 0.3) is 0 Å². The van der Waals surface area contributed by atoms with E-state index in [0.29, 0.717) is 0 Å². The molecule has 12 heavy (non-hydrogen) atoms. The van der Waals surface area contributed by atoms with Crippen molar-refractivity contribution >= 4 is 0 Å². The maximum absolute atomic E-state index is 12.5. The SMILES string of the molecule is CC[C@@H](N)Cc1ccc(F)cc1. The molecule has 0 bridgehead atoms. The highest BCUT2D eigenvalue weighted by Crippen LogP contribution is 2.05. The van der Waals surface area contributed by atoms with E-state index in [-0.39, 0.29) is 11.9 Å². The van der Waals surface area contributed by atoms with Crippen molar-refractivity contribution in [2.45, 2.75) is 25.8 Å². The van der Waals surface area contributed by atoms with E-state index < -0.39 is 0 Å². The summed E-state index contributed by atoms with van der Waals surface area (Å²) in [5.74, 6) is -0.191. The lowest BCUT2D eigenvalue weighted by atomic mass is 10.1. The maximum atomic E-state index is 12.5. The Kier molecular flexibility index (Phi) is 3.23. The molecule has 0 unspecified atom stereocenters. The van der Waals surface area contributed by atoms with Gasteiger partial charge in [-0.05, 0) is 30.5 Å². The Hall–Kier alpha value is -0.890. The van der Waals surface area contributed by atoms with E-state index in [1.54, 1.807) is 12.1 Å². The summed E-state index contributed by atoms with van der Waals surface area (Å²) < 4.78 is 12.5. The van der Waals surface area contributed by atoms with Gasteiger partial charge in [0.25, 0.3) is 0 Å². The summed E-state index contributed by atoms with van der Waals surface area (Å²) in [5, 5.41) is 0. The lowest BCUT2D eigenvalue weighted by Gasteiger charge is -2.07. The van der Waals surface area contributed by atoms with Crippen LogP contribution in [0.15, 0.2) is 24.3 Å². The number of hydrogen-bond acceptors (Lipinski definition) is 1. The monoisotopic (exact) mass is 167 g/mol. The van der Waals surface area contributed by atoms with Crippen LogP contribution >= 0.6 is 0 Å². The predicted molar refractivity (Wildman–Crippen MR) is 48.4 cm³/mol. The van der Waals surface area contributed by atoms with Crippen molar-refractivity contribution in [2.24, 2.45) is 5.73 Å². The zero-order valence-corrected chi connectivity index (χ0v) is 7.26. The van der Waals surface area contributed by atoms with Crippen LogP contribution in [-0.2, 0) is 6.42 Å². The Morgan fingerprint density at radius 2 is 1.92 bits per heavy atom. The molecule has 66 valence electrons. The highest BCUT2D eigenvalue weighted by molar-refractivity contribution is 5.16. The van der Waals surface area contributed by atoms with Gasteiger partial charge in [0, 0.05) is 6.04 Å². The summed E-state index contributed by atoms with van der Waals surface area (Å²) >= 11 is 0. The molecule has 1 aromatic carbocycles. The van der Waals surface area contributed by atoms with Gasteiger partial charge in [0.1, 0.15) is 5.82 Å². The van der Waals surface area contributed by atoms with E-state index in [9.17, 15) is 4.39 Å². The number of hydrogen-bond donors (Lipinski definition) is 1. The van der Waals surface area contributed by atoms with Crippen molar-refractivity contribution in [3.63, 3.8) is 0 Å². The van der Waals surface area contributed by atoms with Gasteiger partial charge in [-0.2, -0.15) is 0 Å². The standard InChI is InChI=1S/C10H14FN/c1-2-10(12)7-8-3-5-9(11)6-4-8/h3-6,10H,2,7,12H2,1H3/t10-/m1/s1. The Balaban J connectivity index is 2.58. The van der Waals surface area contributed by atoms with Crippen LogP contribution in [0, 0.1) is 5.82 Å². The number of benzene rings is 1. The van der Waals surface area contributed by atoms with E-state index in [0.717, 1.165) is 18.4 Å². The summed E-state index contributed by atoms with van der Waals surface area (Å²) in [6, 6.07) is 6.70. The Morgan fingerprint density at radius 3 is 2.42 bits per heavy atom. The third-order valence-electron chi connectivity index (χ3n) is 1.94. The largest absolute Gasteiger partial charge is 0.327 e. The topological polar surface area (TPSA) is 26.0 Å². The molecule has 0 aliphatic rings. The molecule has 0 aliphatic heterocycles. The van der Waals surface area contributed by atoms with E-state index in [4.69, 9.17) is 5.73 Å². The number of halogens is 1. The normalized spacial score (nSPS) is 12.9. The Labute approximate surface area is 72.4 Å². The second kappa shape index (κ2) is 4.21. The predicted octanol–water partition coefficient (Wildman–Crippen LogP) is 2.11. The fraction of sp³-hybridized carbons (Fsp3) is 0.400. The molecule has 0 aromatic heterocycles. The van der Waals surface area contributed by atoms with Crippen molar-refractivity contribution in [3.8, 4) is 0 Å². The Morgan fingerprint density at radius 1 is 1.33 bits per heavy atom. The van der Waals surface area contributed by atoms with Gasteiger partial charge < -0.3 is 5.73 Å². The molecular weight excluding hydrogens is 153 g/mol. The summed E-state index contributed by atoms with van der Waals surface area (Å²) in [6.45, 7) is 2.05. The van der Waals surface area contributed by atoms with Gasteiger partial charge in [0.2, 0.25) is 0 Å². The zero-order valence-electron chi connectivity index (χ0n) is 7.26.